The zero-order chi connectivity index (χ0) is 28.8. The lowest BCUT2D eigenvalue weighted by molar-refractivity contribution is 0.0995. The Morgan fingerprint density at radius 1 is 1.22 bits per heavy atom. The molecule has 0 unspecified atom stereocenters. The highest BCUT2D eigenvalue weighted by Crippen LogP contribution is 2.52. The summed E-state index contributed by atoms with van der Waals surface area (Å²) in [7, 11) is 1.98. The number of fused-ring (bicyclic) bond motifs is 1. The smallest absolute Gasteiger partial charge is 0.260 e. The molecule has 0 radical (unpaired) electrons. The minimum atomic E-state index is -0.301. The molecule has 9 nitrogen and oxygen atoms in total. The predicted molar refractivity (Wildman–Crippen MR) is 161 cm³/mol. The highest BCUT2D eigenvalue weighted by atomic mass is 32.2. The quantitative estimate of drug-likeness (QED) is 0.254. The van der Waals surface area contributed by atoms with Gasteiger partial charge in [-0.05, 0) is 92.2 Å². The summed E-state index contributed by atoms with van der Waals surface area (Å²) in [5.74, 6) is 2.75. The standard InChI is InChI=1S/C31H38N8OS/c1-20-15-31(16-20,29-37-35-19-38(29)3)22-13-26(33-10-6-9-32)36-27(14-22)39-18-24-23(28(39)40)11-21(12-25(24)41-4)17-34-30(2)7-5-8-30/h11-14,19-20,34H,5-8,10,15-18H2,1-4H3,(H,33,36). The van der Waals surface area contributed by atoms with Gasteiger partial charge in [-0.15, -0.1) is 22.0 Å². The van der Waals surface area contributed by atoms with Crippen molar-refractivity contribution in [1.82, 2.24) is 25.1 Å². The van der Waals surface area contributed by atoms with Gasteiger partial charge in [-0.3, -0.25) is 9.69 Å². The van der Waals surface area contributed by atoms with Crippen LogP contribution in [0.1, 0.15) is 85.2 Å². The fourth-order valence-corrected chi connectivity index (χ4v) is 7.45. The van der Waals surface area contributed by atoms with Gasteiger partial charge in [0, 0.05) is 36.1 Å². The van der Waals surface area contributed by atoms with Crippen LogP contribution >= 0.6 is 11.8 Å². The van der Waals surface area contributed by atoms with Crippen molar-refractivity contribution >= 4 is 29.3 Å². The van der Waals surface area contributed by atoms with Crippen molar-refractivity contribution < 1.29 is 4.79 Å². The lowest BCUT2D eigenvalue weighted by Gasteiger charge is -2.46. The van der Waals surface area contributed by atoms with Gasteiger partial charge in [0.15, 0.2) is 0 Å². The van der Waals surface area contributed by atoms with Gasteiger partial charge in [-0.2, -0.15) is 5.26 Å². The molecule has 2 saturated carbocycles. The molecule has 6 rings (SSSR count). The van der Waals surface area contributed by atoms with Crippen LogP contribution in [0.15, 0.2) is 35.5 Å². The zero-order valence-electron chi connectivity index (χ0n) is 24.3. The summed E-state index contributed by atoms with van der Waals surface area (Å²) in [6, 6.07) is 10.6. The molecule has 0 saturated heterocycles. The molecule has 41 heavy (non-hydrogen) atoms. The molecule has 1 amide bonds. The summed E-state index contributed by atoms with van der Waals surface area (Å²) < 4.78 is 2.00. The number of amides is 1. The summed E-state index contributed by atoms with van der Waals surface area (Å²) >= 11 is 1.69. The van der Waals surface area contributed by atoms with Crippen molar-refractivity contribution in [2.45, 2.75) is 81.3 Å². The van der Waals surface area contributed by atoms with E-state index >= 15 is 0 Å². The number of hydrogen-bond donors (Lipinski definition) is 2. The third kappa shape index (κ3) is 4.99. The number of aryl methyl sites for hydroxylation is 1. The van der Waals surface area contributed by atoms with E-state index in [4.69, 9.17) is 10.2 Å². The van der Waals surface area contributed by atoms with E-state index in [0.717, 1.165) is 52.4 Å². The second kappa shape index (κ2) is 10.8. The summed E-state index contributed by atoms with van der Waals surface area (Å²) in [6.45, 7) is 6.26. The molecule has 1 aromatic carbocycles. The van der Waals surface area contributed by atoms with Crippen LogP contribution in [0, 0.1) is 17.2 Å². The third-order valence-electron chi connectivity index (χ3n) is 9.17. The number of pyridine rings is 1. The van der Waals surface area contributed by atoms with Crippen molar-refractivity contribution in [3.63, 3.8) is 0 Å². The molecule has 214 valence electrons. The Morgan fingerprint density at radius 3 is 2.66 bits per heavy atom. The number of carbonyl (C=O) groups is 1. The maximum absolute atomic E-state index is 14.0. The first-order chi connectivity index (χ1) is 19.7. The first kappa shape index (κ1) is 27.7. The van der Waals surface area contributed by atoms with Crippen molar-refractivity contribution in [3.8, 4) is 6.07 Å². The van der Waals surface area contributed by atoms with Gasteiger partial charge >= 0.3 is 0 Å². The Balaban J connectivity index is 1.36. The van der Waals surface area contributed by atoms with Crippen LogP contribution < -0.4 is 15.5 Å². The van der Waals surface area contributed by atoms with E-state index in [2.05, 4.69) is 71.3 Å². The average molecular weight is 571 g/mol. The Kier molecular flexibility index (Phi) is 7.28. The molecular formula is C31H38N8OS. The first-order valence-corrected chi connectivity index (χ1v) is 15.7. The molecule has 10 heteroatoms. The molecule has 3 heterocycles. The maximum atomic E-state index is 14.0. The van der Waals surface area contributed by atoms with Crippen molar-refractivity contribution in [2.24, 2.45) is 13.0 Å². The van der Waals surface area contributed by atoms with Gasteiger partial charge in [-0.25, -0.2) is 4.98 Å². The molecule has 2 fully saturated rings. The molecule has 0 bridgehead atoms. The Hall–Kier alpha value is -3.42. The Labute approximate surface area is 246 Å². The molecule has 1 aliphatic heterocycles. The van der Waals surface area contributed by atoms with E-state index in [-0.39, 0.29) is 16.9 Å². The number of carbonyl (C=O) groups excluding carboxylic acids is 1. The van der Waals surface area contributed by atoms with Crippen molar-refractivity contribution in [2.75, 3.05) is 23.0 Å². The van der Waals surface area contributed by atoms with Crippen molar-refractivity contribution in [1.29, 1.82) is 5.26 Å². The minimum absolute atomic E-state index is 0.0192. The van der Waals surface area contributed by atoms with E-state index in [9.17, 15) is 4.79 Å². The Morgan fingerprint density at radius 2 is 2.02 bits per heavy atom. The number of hydrogen-bond acceptors (Lipinski definition) is 8. The van der Waals surface area contributed by atoms with Crippen LogP contribution in [0.3, 0.4) is 0 Å². The van der Waals surface area contributed by atoms with Gasteiger partial charge in [-0.1, -0.05) is 6.92 Å². The number of nitrogens with one attached hydrogen (secondary N) is 2. The number of nitriles is 1. The van der Waals surface area contributed by atoms with Crippen LogP contribution in [0.4, 0.5) is 11.6 Å². The second-order valence-corrected chi connectivity index (χ2v) is 13.1. The summed E-state index contributed by atoms with van der Waals surface area (Å²) in [6.07, 6.45) is 9.74. The molecule has 0 atom stereocenters. The maximum Gasteiger partial charge on any atom is 0.260 e. The van der Waals surface area contributed by atoms with Gasteiger partial charge in [0.05, 0.1) is 24.4 Å². The number of rotatable bonds is 10. The van der Waals surface area contributed by atoms with E-state index in [1.165, 1.54) is 19.3 Å². The molecule has 2 aliphatic carbocycles. The van der Waals surface area contributed by atoms with Crippen LogP contribution in [0.5, 0.6) is 0 Å². The molecule has 0 spiro atoms. The highest BCUT2D eigenvalue weighted by Gasteiger charge is 2.49. The third-order valence-corrected chi connectivity index (χ3v) is 9.98. The largest absolute Gasteiger partial charge is 0.369 e. The van der Waals surface area contributed by atoms with Crippen molar-refractivity contribution in [3.05, 3.63) is 58.7 Å². The van der Waals surface area contributed by atoms with Gasteiger partial charge in [0.25, 0.3) is 5.91 Å². The van der Waals surface area contributed by atoms with Crippen LogP contribution in [0.2, 0.25) is 0 Å². The number of benzene rings is 1. The van der Waals surface area contributed by atoms with Gasteiger partial charge in [0.2, 0.25) is 0 Å². The monoisotopic (exact) mass is 570 g/mol. The first-order valence-electron chi connectivity index (χ1n) is 14.5. The SMILES string of the molecule is CSc1cc(CNC2(C)CCC2)cc2c1CN(c1cc(C3(c4nncn4C)CC(C)C3)cc(NCCC#N)n1)C2=O. The van der Waals surface area contributed by atoms with Gasteiger partial charge < -0.3 is 15.2 Å². The fourth-order valence-electron chi connectivity index (χ4n) is 6.76. The second-order valence-electron chi connectivity index (χ2n) is 12.3. The molecule has 2 N–H and O–H groups in total. The summed E-state index contributed by atoms with van der Waals surface area (Å²) in [4.78, 5) is 21.9. The van der Waals surface area contributed by atoms with Crippen LogP contribution in [-0.4, -0.2) is 44.0 Å². The number of anilines is 2. The molecule has 3 aromatic rings. The van der Waals surface area contributed by atoms with E-state index in [1.54, 1.807) is 23.0 Å². The zero-order valence-corrected chi connectivity index (χ0v) is 25.1. The van der Waals surface area contributed by atoms with Crippen LogP contribution in [0.25, 0.3) is 0 Å². The molecule has 2 aromatic heterocycles. The number of nitrogens with zero attached hydrogens (tertiary/aromatic N) is 6. The van der Waals surface area contributed by atoms with Crippen LogP contribution in [-0.2, 0) is 25.6 Å². The summed E-state index contributed by atoms with van der Waals surface area (Å²) in [5, 5.41) is 24.8. The lowest BCUT2D eigenvalue weighted by Crippen LogP contribution is -2.47. The highest BCUT2D eigenvalue weighted by molar-refractivity contribution is 7.98. The van der Waals surface area contributed by atoms with E-state index in [1.807, 2.05) is 11.6 Å². The van der Waals surface area contributed by atoms with E-state index < -0.39 is 0 Å². The van der Waals surface area contributed by atoms with Gasteiger partial charge in [0.1, 0.15) is 23.8 Å². The number of thioether (sulfide) groups is 1. The number of aromatic nitrogens is 4. The normalized spacial score (nSPS) is 22.6. The molecular weight excluding hydrogens is 532 g/mol. The predicted octanol–water partition coefficient (Wildman–Crippen LogP) is 5.17. The summed E-state index contributed by atoms with van der Waals surface area (Å²) in [5.41, 5.74) is 3.94. The fraction of sp³-hybridized carbons (Fsp3) is 0.516. The Bertz CT molecular complexity index is 1510. The minimum Gasteiger partial charge on any atom is -0.369 e. The molecule has 3 aliphatic rings. The van der Waals surface area contributed by atoms with E-state index in [0.29, 0.717) is 37.1 Å². The topological polar surface area (TPSA) is 112 Å². The lowest BCUT2D eigenvalue weighted by atomic mass is 9.58. The average Bonchev–Trinajstić information content (AvgIpc) is 3.51.